The number of carbonyl (C=O) groups excluding carboxylic acids is 2. The second kappa shape index (κ2) is 12.3. The van der Waals surface area contributed by atoms with Gasteiger partial charge in [-0.3, -0.25) is 14.3 Å². The van der Waals surface area contributed by atoms with Crippen molar-refractivity contribution in [2.75, 3.05) is 35.9 Å². The van der Waals surface area contributed by atoms with Crippen molar-refractivity contribution in [1.29, 1.82) is 5.26 Å². The maximum absolute atomic E-state index is 14.0. The van der Waals surface area contributed by atoms with E-state index in [1.54, 1.807) is 28.8 Å². The number of nitrogens with one attached hydrogen (secondary N) is 1. The van der Waals surface area contributed by atoms with E-state index in [9.17, 15) is 14.9 Å². The van der Waals surface area contributed by atoms with Gasteiger partial charge in [0.2, 0.25) is 0 Å². The van der Waals surface area contributed by atoms with E-state index in [1.165, 1.54) is 24.9 Å². The molecule has 9 nitrogen and oxygen atoms in total. The Labute approximate surface area is 264 Å². The lowest BCUT2D eigenvalue weighted by molar-refractivity contribution is 0.0948. The van der Waals surface area contributed by atoms with Gasteiger partial charge in [-0.1, -0.05) is 24.3 Å². The molecule has 2 amide bonds. The maximum atomic E-state index is 14.0. The highest BCUT2D eigenvalue weighted by Crippen LogP contribution is 2.55. The summed E-state index contributed by atoms with van der Waals surface area (Å²) in [6.45, 7) is 2.46. The number of hydrogen-bond acceptors (Lipinski definition) is 8. The summed E-state index contributed by atoms with van der Waals surface area (Å²) in [5, 5.41) is 16.6. The van der Waals surface area contributed by atoms with Crippen LogP contribution in [0.5, 0.6) is 11.5 Å². The number of amides is 2. The van der Waals surface area contributed by atoms with Crippen molar-refractivity contribution >= 4 is 46.7 Å². The molecule has 3 heterocycles. The minimum atomic E-state index is -0.451. The van der Waals surface area contributed by atoms with Gasteiger partial charge in [-0.15, -0.1) is 23.5 Å². The number of rotatable bonds is 7. The minimum Gasteiger partial charge on any atom is -0.497 e. The van der Waals surface area contributed by atoms with Crippen LogP contribution in [0.3, 0.4) is 0 Å². The molecule has 44 heavy (non-hydrogen) atoms. The minimum absolute atomic E-state index is 0.158. The van der Waals surface area contributed by atoms with Crippen LogP contribution < -0.4 is 19.7 Å². The van der Waals surface area contributed by atoms with Crippen molar-refractivity contribution in [2.24, 2.45) is 0 Å². The fourth-order valence-electron chi connectivity index (χ4n) is 5.69. The van der Waals surface area contributed by atoms with E-state index in [0.717, 1.165) is 34.9 Å². The molecule has 1 atom stereocenters. The molecule has 0 radical (unpaired) electrons. The first-order valence-corrected chi connectivity index (χ1v) is 16.2. The van der Waals surface area contributed by atoms with Gasteiger partial charge in [0.05, 0.1) is 44.3 Å². The summed E-state index contributed by atoms with van der Waals surface area (Å²) >= 11 is 3.86. The van der Waals surface area contributed by atoms with Crippen LogP contribution in [-0.2, 0) is 10.6 Å². The average molecular weight is 626 g/mol. The third-order valence-corrected chi connectivity index (χ3v) is 11.3. The van der Waals surface area contributed by atoms with Gasteiger partial charge in [-0.05, 0) is 78.4 Å². The molecule has 2 aliphatic heterocycles. The quantitative estimate of drug-likeness (QED) is 0.261. The number of aromatic nitrogens is 2. The number of thioether (sulfide) groups is 2. The molecule has 11 heteroatoms. The molecular weight excluding hydrogens is 595 g/mol. The maximum Gasteiger partial charge on any atom is 0.279 e. The molecule has 1 saturated heterocycles. The molecule has 2 aliphatic rings. The van der Waals surface area contributed by atoms with Gasteiger partial charge in [0.25, 0.3) is 11.8 Å². The predicted molar refractivity (Wildman–Crippen MR) is 174 cm³/mol. The van der Waals surface area contributed by atoms with Gasteiger partial charge in [-0.2, -0.15) is 10.4 Å². The number of carbonyl (C=O) groups is 2. The Balaban J connectivity index is 1.28. The Morgan fingerprint density at radius 3 is 2.52 bits per heavy atom. The van der Waals surface area contributed by atoms with E-state index in [-0.39, 0.29) is 27.2 Å². The summed E-state index contributed by atoms with van der Waals surface area (Å²) in [5.74, 6) is 2.62. The van der Waals surface area contributed by atoms with Crippen molar-refractivity contribution in [3.63, 3.8) is 0 Å². The lowest BCUT2D eigenvalue weighted by atomic mass is 10.0. The van der Waals surface area contributed by atoms with Crippen LogP contribution in [0.2, 0.25) is 0 Å². The largest absolute Gasteiger partial charge is 0.497 e. The number of methoxy groups -OCH3 is 2. The van der Waals surface area contributed by atoms with Crippen molar-refractivity contribution in [3.8, 4) is 17.6 Å². The molecule has 1 aromatic heterocycles. The standard InChI is InChI=1S/C33H31N5O4S2/c1-21-20-37-30(28(19-35-37)36-31(39)22-8-13-29(42-3)23(16-22)18-34)32(40)38(21)26-11-9-24(10-12-26)33(43-14-5-15-44-33)25-6-4-7-27(17-25)41-2/h4,6-13,16-17,19,21H,5,14-15,20H2,1-3H3,(H,36,39)/t21-/m0/s1. The Morgan fingerprint density at radius 2 is 1.82 bits per heavy atom. The highest BCUT2D eigenvalue weighted by Gasteiger charge is 2.39. The van der Waals surface area contributed by atoms with Gasteiger partial charge in [0, 0.05) is 11.3 Å². The monoisotopic (exact) mass is 625 g/mol. The first-order valence-electron chi connectivity index (χ1n) is 14.2. The van der Waals surface area contributed by atoms with Crippen molar-refractivity contribution in [2.45, 2.75) is 30.0 Å². The van der Waals surface area contributed by atoms with Crippen molar-refractivity contribution in [3.05, 3.63) is 101 Å². The number of anilines is 2. The molecule has 1 N–H and O–H groups in total. The second-order valence-corrected chi connectivity index (χ2v) is 13.4. The zero-order valence-corrected chi connectivity index (χ0v) is 26.2. The molecule has 0 aliphatic carbocycles. The summed E-state index contributed by atoms with van der Waals surface area (Å²) < 4.78 is 12.1. The average Bonchev–Trinajstić information content (AvgIpc) is 3.47. The van der Waals surface area contributed by atoms with Crippen LogP contribution in [0.25, 0.3) is 0 Å². The third kappa shape index (κ3) is 5.29. The Bertz CT molecular complexity index is 1760. The van der Waals surface area contributed by atoms with E-state index in [2.05, 4.69) is 34.7 Å². The Kier molecular flexibility index (Phi) is 8.29. The number of fused-ring (bicyclic) bond motifs is 1. The molecule has 0 bridgehead atoms. The smallest absolute Gasteiger partial charge is 0.279 e. The third-order valence-electron chi connectivity index (χ3n) is 7.84. The highest BCUT2D eigenvalue weighted by molar-refractivity contribution is 8.18. The molecule has 6 rings (SSSR count). The van der Waals surface area contributed by atoms with Gasteiger partial charge >= 0.3 is 0 Å². The van der Waals surface area contributed by atoms with Crippen molar-refractivity contribution in [1.82, 2.24) is 9.78 Å². The first kappa shape index (κ1) is 29.7. The summed E-state index contributed by atoms with van der Waals surface area (Å²) in [5.41, 5.74) is 4.26. The lowest BCUT2D eigenvalue weighted by Crippen LogP contribution is -2.47. The first-order chi connectivity index (χ1) is 21.4. The van der Waals surface area contributed by atoms with Crippen LogP contribution in [0.1, 0.15) is 50.9 Å². The van der Waals surface area contributed by atoms with Crippen LogP contribution in [0, 0.1) is 11.3 Å². The number of nitriles is 1. The van der Waals surface area contributed by atoms with E-state index >= 15 is 0 Å². The van der Waals surface area contributed by atoms with Crippen LogP contribution >= 0.6 is 23.5 Å². The fraction of sp³-hybridized carbons (Fsp3) is 0.273. The Hall–Kier alpha value is -4.40. The molecule has 224 valence electrons. The van der Waals surface area contributed by atoms with E-state index < -0.39 is 5.91 Å². The lowest BCUT2D eigenvalue weighted by Gasteiger charge is -2.38. The number of benzene rings is 3. The molecule has 3 aromatic carbocycles. The van der Waals surface area contributed by atoms with E-state index in [4.69, 9.17) is 9.47 Å². The summed E-state index contributed by atoms with van der Waals surface area (Å²) in [7, 11) is 3.15. The number of ether oxygens (including phenoxy) is 2. The number of nitrogens with zero attached hydrogens (tertiary/aromatic N) is 4. The van der Waals surface area contributed by atoms with E-state index in [0.29, 0.717) is 23.7 Å². The summed E-state index contributed by atoms with van der Waals surface area (Å²) in [6.07, 6.45) is 2.65. The molecule has 4 aromatic rings. The second-order valence-electron chi connectivity index (χ2n) is 10.5. The Morgan fingerprint density at radius 1 is 1.05 bits per heavy atom. The van der Waals surface area contributed by atoms with Crippen LogP contribution in [0.4, 0.5) is 11.4 Å². The predicted octanol–water partition coefficient (Wildman–Crippen LogP) is 6.14. The number of hydrogen-bond donors (Lipinski definition) is 1. The fourth-order valence-corrected chi connectivity index (χ4v) is 9.05. The van der Waals surface area contributed by atoms with Crippen LogP contribution in [-0.4, -0.2) is 53.4 Å². The zero-order valence-electron chi connectivity index (χ0n) is 24.6. The highest BCUT2D eigenvalue weighted by atomic mass is 32.2. The summed E-state index contributed by atoms with van der Waals surface area (Å²) in [4.78, 5) is 28.9. The SMILES string of the molecule is COc1cccc(C2(c3ccc(N4C(=O)c5c(NC(=O)c6ccc(OC)c(C#N)c6)cnn5C[C@@H]4C)cc3)SCCCS2)c1. The van der Waals surface area contributed by atoms with Crippen molar-refractivity contribution < 1.29 is 19.1 Å². The van der Waals surface area contributed by atoms with Gasteiger partial charge in [-0.25, -0.2) is 0 Å². The van der Waals surface area contributed by atoms with Crippen LogP contribution in [0.15, 0.2) is 72.9 Å². The normalized spacial score (nSPS) is 17.4. The van der Waals surface area contributed by atoms with Gasteiger partial charge in [0.1, 0.15) is 27.3 Å². The molecule has 1 fully saturated rings. The topological polar surface area (TPSA) is 109 Å². The zero-order chi connectivity index (χ0) is 30.8. The molecule has 0 saturated carbocycles. The van der Waals surface area contributed by atoms with E-state index in [1.807, 2.05) is 60.8 Å². The molecule has 0 unspecified atom stereocenters. The van der Waals surface area contributed by atoms with Gasteiger partial charge < -0.3 is 19.7 Å². The molecule has 0 spiro atoms. The summed E-state index contributed by atoms with van der Waals surface area (Å²) in [6, 6.07) is 23.0. The van der Waals surface area contributed by atoms with Gasteiger partial charge in [0.15, 0.2) is 0 Å². The molecular formula is C33H31N5O4S2.